The molecule has 2 aliphatic rings. The summed E-state index contributed by atoms with van der Waals surface area (Å²) in [6.45, 7) is 1.24. The van der Waals surface area contributed by atoms with Gasteiger partial charge in [0.15, 0.2) is 5.75 Å². The molecule has 2 fully saturated rings. The molecule has 1 unspecified atom stereocenters. The van der Waals surface area contributed by atoms with Crippen molar-refractivity contribution in [3.05, 3.63) is 28.7 Å². The van der Waals surface area contributed by atoms with E-state index >= 15 is 0 Å². The van der Waals surface area contributed by atoms with Crippen LogP contribution in [0.3, 0.4) is 0 Å². The van der Waals surface area contributed by atoms with Crippen molar-refractivity contribution in [2.75, 3.05) is 27.2 Å². The molecule has 3 rings (SSSR count). The topological polar surface area (TPSA) is 71.8 Å². The fourth-order valence-electron chi connectivity index (χ4n) is 4.05. The summed E-state index contributed by atoms with van der Waals surface area (Å²) in [6, 6.07) is 3.65. The van der Waals surface area contributed by atoms with Gasteiger partial charge in [0.1, 0.15) is 6.54 Å². The van der Waals surface area contributed by atoms with E-state index in [1.54, 1.807) is 30.3 Å². The van der Waals surface area contributed by atoms with Gasteiger partial charge in [0.25, 0.3) is 5.56 Å². The van der Waals surface area contributed by atoms with Crippen molar-refractivity contribution in [2.24, 2.45) is 5.92 Å². The van der Waals surface area contributed by atoms with Crippen molar-refractivity contribution >= 4 is 11.8 Å². The number of methoxy groups -OCH3 is 1. The highest BCUT2D eigenvalue weighted by molar-refractivity contribution is 5.79. The number of aromatic nitrogens is 1. The van der Waals surface area contributed by atoms with Crippen LogP contribution in [0.25, 0.3) is 0 Å². The van der Waals surface area contributed by atoms with Crippen LogP contribution in [0.4, 0.5) is 0 Å². The van der Waals surface area contributed by atoms with Crippen LogP contribution < -0.4 is 10.3 Å². The number of amides is 2. The van der Waals surface area contributed by atoms with Crippen LogP contribution >= 0.6 is 0 Å². The minimum Gasteiger partial charge on any atom is -0.491 e. The predicted molar refractivity (Wildman–Crippen MR) is 97.0 cm³/mol. The van der Waals surface area contributed by atoms with Gasteiger partial charge in [-0.1, -0.05) is 12.8 Å². The summed E-state index contributed by atoms with van der Waals surface area (Å²) >= 11 is 0. The monoisotopic (exact) mass is 361 g/mol. The Bertz CT molecular complexity index is 724. The normalized spacial score (nSPS) is 20.6. The van der Waals surface area contributed by atoms with Crippen LogP contribution in [-0.4, -0.2) is 59.5 Å². The van der Waals surface area contributed by atoms with E-state index in [9.17, 15) is 14.4 Å². The van der Waals surface area contributed by atoms with E-state index < -0.39 is 0 Å². The summed E-state index contributed by atoms with van der Waals surface area (Å²) in [7, 11) is 3.17. The minimum absolute atomic E-state index is 0.0282. The Morgan fingerprint density at radius 3 is 2.73 bits per heavy atom. The van der Waals surface area contributed by atoms with Crippen LogP contribution in [0.15, 0.2) is 23.1 Å². The number of carbonyl (C=O) groups excluding carboxylic acids is 2. The van der Waals surface area contributed by atoms with Crippen molar-refractivity contribution in [3.63, 3.8) is 0 Å². The Labute approximate surface area is 153 Å². The number of hydrogen-bond acceptors (Lipinski definition) is 4. The van der Waals surface area contributed by atoms with Gasteiger partial charge in [-0.2, -0.15) is 0 Å². The van der Waals surface area contributed by atoms with Crippen LogP contribution in [0, 0.1) is 5.92 Å². The molecule has 26 heavy (non-hydrogen) atoms. The molecule has 1 saturated carbocycles. The van der Waals surface area contributed by atoms with Gasteiger partial charge in [0.05, 0.1) is 7.11 Å². The van der Waals surface area contributed by atoms with Crippen molar-refractivity contribution in [2.45, 2.75) is 44.7 Å². The van der Waals surface area contributed by atoms with E-state index in [0.29, 0.717) is 19.0 Å². The van der Waals surface area contributed by atoms with Gasteiger partial charge in [0.2, 0.25) is 11.8 Å². The average molecular weight is 361 g/mol. The molecule has 0 N–H and O–H groups in total. The summed E-state index contributed by atoms with van der Waals surface area (Å²) in [4.78, 5) is 40.6. The van der Waals surface area contributed by atoms with Crippen molar-refractivity contribution in [1.82, 2.24) is 14.4 Å². The third kappa shape index (κ3) is 3.92. The van der Waals surface area contributed by atoms with Crippen molar-refractivity contribution in [1.29, 1.82) is 0 Å². The Hall–Kier alpha value is -2.31. The molecule has 1 aromatic rings. The molecule has 0 spiro atoms. The molecule has 2 heterocycles. The number of hydrogen-bond donors (Lipinski definition) is 0. The van der Waals surface area contributed by atoms with Gasteiger partial charge in [-0.15, -0.1) is 0 Å². The van der Waals surface area contributed by atoms with E-state index in [1.165, 1.54) is 24.5 Å². The summed E-state index contributed by atoms with van der Waals surface area (Å²) in [6.07, 6.45) is 6.70. The summed E-state index contributed by atoms with van der Waals surface area (Å²) in [5.41, 5.74) is -0.319. The fourth-order valence-corrected chi connectivity index (χ4v) is 4.05. The second-order valence-corrected chi connectivity index (χ2v) is 7.34. The zero-order valence-electron chi connectivity index (χ0n) is 15.5. The Balaban J connectivity index is 1.56. The molecule has 7 nitrogen and oxygen atoms in total. The highest BCUT2D eigenvalue weighted by Crippen LogP contribution is 2.29. The number of likely N-dealkylation sites (N-methyl/N-ethyl adjacent to an activating group) is 1. The first kappa shape index (κ1) is 18.5. The zero-order chi connectivity index (χ0) is 18.7. The van der Waals surface area contributed by atoms with E-state index in [-0.39, 0.29) is 35.6 Å². The van der Waals surface area contributed by atoms with E-state index in [1.807, 2.05) is 4.90 Å². The lowest BCUT2D eigenvalue weighted by molar-refractivity contribution is -0.131. The second-order valence-electron chi connectivity index (χ2n) is 7.34. The number of ether oxygens (including phenoxy) is 1. The van der Waals surface area contributed by atoms with Crippen LogP contribution in [0.1, 0.15) is 32.1 Å². The van der Waals surface area contributed by atoms with E-state index in [4.69, 9.17) is 4.74 Å². The first-order valence-electron chi connectivity index (χ1n) is 9.26. The second kappa shape index (κ2) is 7.93. The number of carbonyl (C=O) groups is 2. The summed E-state index contributed by atoms with van der Waals surface area (Å²) < 4.78 is 6.36. The molecular weight excluding hydrogens is 334 g/mol. The molecule has 1 aliphatic heterocycles. The van der Waals surface area contributed by atoms with Gasteiger partial charge in [0, 0.05) is 44.7 Å². The Kier molecular flexibility index (Phi) is 5.64. The lowest BCUT2D eigenvalue weighted by Gasteiger charge is -2.25. The number of rotatable bonds is 6. The molecule has 0 radical (unpaired) electrons. The number of nitrogens with zero attached hydrogens (tertiary/aromatic N) is 3. The lowest BCUT2D eigenvalue weighted by Crippen LogP contribution is -2.38. The van der Waals surface area contributed by atoms with Gasteiger partial charge in [-0.25, -0.2) is 0 Å². The zero-order valence-corrected chi connectivity index (χ0v) is 15.5. The van der Waals surface area contributed by atoms with Gasteiger partial charge in [-0.05, 0) is 25.0 Å². The number of pyridine rings is 1. The highest BCUT2D eigenvalue weighted by Gasteiger charge is 2.36. The predicted octanol–water partition coefficient (Wildman–Crippen LogP) is 1.11. The lowest BCUT2D eigenvalue weighted by atomic mass is 10.1. The minimum atomic E-state index is -0.319. The molecule has 7 heteroatoms. The van der Waals surface area contributed by atoms with E-state index in [0.717, 1.165) is 19.4 Å². The number of likely N-dealkylation sites (tertiary alicyclic amines) is 1. The van der Waals surface area contributed by atoms with Crippen LogP contribution in [-0.2, 0) is 16.1 Å². The summed E-state index contributed by atoms with van der Waals surface area (Å²) in [5.74, 6) is 0.453. The fraction of sp³-hybridized carbons (Fsp3) is 0.632. The van der Waals surface area contributed by atoms with Gasteiger partial charge < -0.3 is 19.1 Å². The average Bonchev–Trinajstić information content (AvgIpc) is 3.26. The highest BCUT2D eigenvalue weighted by atomic mass is 16.5. The molecule has 1 saturated heterocycles. The van der Waals surface area contributed by atoms with Gasteiger partial charge in [-0.3, -0.25) is 14.4 Å². The molecule has 1 aliphatic carbocycles. The molecule has 0 bridgehead atoms. The Morgan fingerprint density at radius 1 is 1.31 bits per heavy atom. The maximum Gasteiger partial charge on any atom is 0.293 e. The van der Waals surface area contributed by atoms with Crippen molar-refractivity contribution < 1.29 is 14.3 Å². The molecule has 2 amide bonds. The first-order chi connectivity index (χ1) is 12.5. The quantitative estimate of drug-likeness (QED) is 0.761. The molecular formula is C19H27N3O4. The van der Waals surface area contributed by atoms with Crippen LogP contribution in [0.2, 0.25) is 0 Å². The smallest absolute Gasteiger partial charge is 0.293 e. The molecule has 1 atom stereocenters. The van der Waals surface area contributed by atoms with Crippen molar-refractivity contribution in [3.8, 4) is 5.75 Å². The third-order valence-corrected chi connectivity index (χ3v) is 5.47. The van der Waals surface area contributed by atoms with E-state index in [2.05, 4.69) is 0 Å². The standard InChI is InChI=1S/C19H27N3O4/c1-20(18(24)13-21-9-5-8-16(26-2)19(21)25)11-14-10-17(23)22(12-14)15-6-3-4-7-15/h5,8-9,14-15H,3-4,6-7,10-13H2,1-2H3. The Morgan fingerprint density at radius 2 is 2.04 bits per heavy atom. The molecule has 142 valence electrons. The maximum atomic E-state index is 12.5. The molecule has 0 aromatic carbocycles. The van der Waals surface area contributed by atoms with Crippen LogP contribution in [0.5, 0.6) is 5.75 Å². The largest absolute Gasteiger partial charge is 0.491 e. The first-order valence-corrected chi connectivity index (χ1v) is 9.26. The molecule has 1 aromatic heterocycles. The summed E-state index contributed by atoms with van der Waals surface area (Å²) in [5, 5.41) is 0. The third-order valence-electron chi connectivity index (χ3n) is 5.47. The maximum absolute atomic E-state index is 12.5. The van der Waals surface area contributed by atoms with Gasteiger partial charge >= 0.3 is 0 Å². The SMILES string of the molecule is COc1cccn(CC(=O)N(C)CC2CC(=O)N(C3CCCC3)C2)c1=O.